The number of hydrogen-bond acceptors (Lipinski definition) is 5. The minimum Gasteiger partial charge on any atom is -0.376 e. The summed E-state index contributed by atoms with van der Waals surface area (Å²) in [5.41, 5.74) is 5.75. The summed E-state index contributed by atoms with van der Waals surface area (Å²) in [6, 6.07) is 0. The van der Waals surface area contributed by atoms with Crippen molar-refractivity contribution in [3.05, 3.63) is 11.6 Å². The first kappa shape index (κ1) is 11.1. The number of nitrogens with two attached hydrogens (primary N) is 1. The Bertz CT molecular complexity index is 387. The quantitative estimate of drug-likeness (QED) is 0.778. The van der Waals surface area contributed by atoms with Crippen LogP contribution in [0.3, 0.4) is 0 Å². The molecule has 0 aliphatic carbocycles. The number of aryl methyl sites for hydroxylation is 1. The number of aromatic nitrogens is 3. The van der Waals surface area contributed by atoms with Gasteiger partial charge in [0.15, 0.2) is 5.82 Å². The van der Waals surface area contributed by atoms with Crippen molar-refractivity contribution in [2.45, 2.75) is 25.5 Å². The van der Waals surface area contributed by atoms with Crippen LogP contribution in [0.25, 0.3) is 0 Å². The van der Waals surface area contributed by atoms with Crippen LogP contribution in [0.15, 0.2) is 0 Å². The minimum absolute atomic E-state index is 0.0680. The highest BCUT2D eigenvalue weighted by molar-refractivity contribution is 5.03. The summed E-state index contributed by atoms with van der Waals surface area (Å²) in [7, 11) is 0. The molecule has 6 nitrogen and oxygen atoms in total. The first-order valence-electron chi connectivity index (χ1n) is 6.20. The molecule has 0 radical (unpaired) electrons. The van der Waals surface area contributed by atoms with E-state index < -0.39 is 0 Å². The lowest BCUT2D eigenvalue weighted by molar-refractivity contribution is -0.0951. The van der Waals surface area contributed by atoms with Crippen LogP contribution in [0.1, 0.15) is 24.2 Å². The topological polar surface area (TPSA) is 75.2 Å². The molecule has 1 fully saturated rings. The molecule has 17 heavy (non-hydrogen) atoms. The number of nitrogens with zero attached hydrogens (tertiary/aromatic N) is 3. The average Bonchev–Trinajstić information content (AvgIpc) is 2.82. The third kappa shape index (κ3) is 2.08. The van der Waals surface area contributed by atoms with Gasteiger partial charge in [0.05, 0.1) is 19.8 Å². The summed E-state index contributed by atoms with van der Waals surface area (Å²) in [6.07, 6.45) is 2.00. The van der Waals surface area contributed by atoms with Gasteiger partial charge in [0, 0.05) is 13.0 Å². The predicted octanol–water partition coefficient (Wildman–Crippen LogP) is -0.113. The summed E-state index contributed by atoms with van der Waals surface area (Å²) < 4.78 is 13.3. The lowest BCUT2D eigenvalue weighted by atomic mass is 9.99. The van der Waals surface area contributed by atoms with Gasteiger partial charge in [0.2, 0.25) is 0 Å². The Labute approximate surface area is 100 Å². The fourth-order valence-electron chi connectivity index (χ4n) is 2.48. The molecule has 0 bridgehead atoms. The number of fused-ring (bicyclic) bond motifs is 1. The van der Waals surface area contributed by atoms with Crippen molar-refractivity contribution in [1.29, 1.82) is 0 Å². The van der Waals surface area contributed by atoms with Crippen LogP contribution >= 0.6 is 0 Å². The van der Waals surface area contributed by atoms with Gasteiger partial charge in [0.25, 0.3) is 0 Å². The largest absolute Gasteiger partial charge is 0.376 e. The van der Waals surface area contributed by atoms with E-state index in [1.54, 1.807) is 0 Å². The lowest BCUT2D eigenvalue weighted by Crippen LogP contribution is -2.30. The molecular formula is C11H18N4O2. The van der Waals surface area contributed by atoms with Gasteiger partial charge in [-0.25, -0.2) is 0 Å². The van der Waals surface area contributed by atoms with Crippen LogP contribution in [-0.2, 0) is 22.4 Å². The predicted molar refractivity (Wildman–Crippen MR) is 60.4 cm³/mol. The second kappa shape index (κ2) is 4.72. The second-order valence-corrected chi connectivity index (χ2v) is 4.66. The zero-order valence-electron chi connectivity index (χ0n) is 9.84. The number of rotatable bonds is 2. The number of ether oxygens (including phenoxy) is 2. The SMILES string of the molecule is NCC1CCc2nnc(C3COCCO3)n2C1. The molecule has 1 aromatic rings. The van der Waals surface area contributed by atoms with Gasteiger partial charge in [-0.2, -0.15) is 0 Å². The van der Waals surface area contributed by atoms with Crippen LogP contribution in [0, 0.1) is 5.92 Å². The van der Waals surface area contributed by atoms with Gasteiger partial charge in [-0.05, 0) is 18.9 Å². The Morgan fingerprint density at radius 2 is 2.29 bits per heavy atom. The normalized spacial score (nSPS) is 29.0. The first-order chi connectivity index (χ1) is 8.38. The van der Waals surface area contributed by atoms with Gasteiger partial charge >= 0.3 is 0 Å². The van der Waals surface area contributed by atoms with Crippen LogP contribution < -0.4 is 5.73 Å². The average molecular weight is 238 g/mol. The molecule has 6 heteroatoms. The summed E-state index contributed by atoms with van der Waals surface area (Å²) in [5, 5.41) is 8.49. The van der Waals surface area contributed by atoms with Crippen LogP contribution in [0.4, 0.5) is 0 Å². The van der Waals surface area contributed by atoms with E-state index in [1.807, 2.05) is 0 Å². The molecule has 2 aliphatic rings. The van der Waals surface area contributed by atoms with E-state index >= 15 is 0 Å². The fourth-order valence-corrected chi connectivity index (χ4v) is 2.48. The molecule has 2 atom stereocenters. The summed E-state index contributed by atoms with van der Waals surface area (Å²) in [4.78, 5) is 0. The molecular weight excluding hydrogens is 220 g/mol. The minimum atomic E-state index is -0.0680. The molecule has 0 saturated carbocycles. The first-order valence-corrected chi connectivity index (χ1v) is 6.20. The van der Waals surface area contributed by atoms with Crippen LogP contribution in [0.2, 0.25) is 0 Å². The Balaban J connectivity index is 1.83. The monoisotopic (exact) mass is 238 g/mol. The van der Waals surface area contributed by atoms with Crippen LogP contribution in [0.5, 0.6) is 0 Å². The maximum Gasteiger partial charge on any atom is 0.164 e. The molecule has 0 spiro atoms. The van der Waals surface area contributed by atoms with Crippen molar-refractivity contribution >= 4 is 0 Å². The third-order valence-corrected chi connectivity index (χ3v) is 3.51. The summed E-state index contributed by atoms with van der Waals surface area (Å²) >= 11 is 0. The molecule has 3 heterocycles. The van der Waals surface area contributed by atoms with Gasteiger partial charge in [0.1, 0.15) is 11.9 Å². The van der Waals surface area contributed by atoms with Crippen molar-refractivity contribution in [1.82, 2.24) is 14.8 Å². The zero-order chi connectivity index (χ0) is 11.7. The van der Waals surface area contributed by atoms with Gasteiger partial charge in [-0.15, -0.1) is 10.2 Å². The molecule has 2 unspecified atom stereocenters. The van der Waals surface area contributed by atoms with Crippen molar-refractivity contribution in [2.24, 2.45) is 11.7 Å². The fraction of sp³-hybridized carbons (Fsp3) is 0.818. The summed E-state index contributed by atoms with van der Waals surface area (Å²) in [6.45, 7) is 3.51. The Hall–Kier alpha value is -0.980. The van der Waals surface area contributed by atoms with Crippen molar-refractivity contribution < 1.29 is 9.47 Å². The van der Waals surface area contributed by atoms with E-state index in [1.165, 1.54) is 0 Å². The third-order valence-electron chi connectivity index (χ3n) is 3.51. The van der Waals surface area contributed by atoms with Gasteiger partial charge < -0.3 is 19.8 Å². The molecule has 2 N–H and O–H groups in total. The maximum atomic E-state index is 5.75. The summed E-state index contributed by atoms with van der Waals surface area (Å²) in [5.74, 6) is 2.48. The van der Waals surface area contributed by atoms with E-state index in [-0.39, 0.29) is 6.10 Å². The molecule has 94 valence electrons. The Morgan fingerprint density at radius 3 is 3.06 bits per heavy atom. The zero-order valence-corrected chi connectivity index (χ0v) is 9.84. The van der Waals surface area contributed by atoms with Crippen molar-refractivity contribution in [2.75, 3.05) is 26.4 Å². The van der Waals surface area contributed by atoms with E-state index in [2.05, 4.69) is 14.8 Å². The lowest BCUT2D eigenvalue weighted by Gasteiger charge is -2.27. The second-order valence-electron chi connectivity index (χ2n) is 4.66. The van der Waals surface area contributed by atoms with E-state index in [9.17, 15) is 0 Å². The Kier molecular flexibility index (Phi) is 3.09. The van der Waals surface area contributed by atoms with E-state index in [0.717, 1.165) is 37.6 Å². The van der Waals surface area contributed by atoms with Crippen LogP contribution in [-0.4, -0.2) is 41.1 Å². The number of hydrogen-bond donors (Lipinski definition) is 1. The molecule has 3 rings (SSSR count). The van der Waals surface area contributed by atoms with E-state index in [0.29, 0.717) is 25.7 Å². The molecule has 0 aromatic carbocycles. The molecule has 0 amide bonds. The molecule has 1 aromatic heterocycles. The maximum absolute atomic E-state index is 5.75. The van der Waals surface area contributed by atoms with Gasteiger partial charge in [-0.1, -0.05) is 0 Å². The smallest absolute Gasteiger partial charge is 0.164 e. The standard InChI is InChI=1S/C11H18N4O2/c12-5-8-1-2-10-13-14-11(15(10)6-8)9-7-16-3-4-17-9/h8-9H,1-7,12H2. The van der Waals surface area contributed by atoms with E-state index in [4.69, 9.17) is 15.2 Å². The highest BCUT2D eigenvalue weighted by Crippen LogP contribution is 2.25. The Morgan fingerprint density at radius 1 is 1.35 bits per heavy atom. The highest BCUT2D eigenvalue weighted by Gasteiger charge is 2.28. The van der Waals surface area contributed by atoms with Crippen molar-refractivity contribution in [3.63, 3.8) is 0 Å². The van der Waals surface area contributed by atoms with Crippen molar-refractivity contribution in [3.8, 4) is 0 Å². The molecule has 2 aliphatic heterocycles. The molecule has 1 saturated heterocycles. The van der Waals surface area contributed by atoms with Gasteiger partial charge in [-0.3, -0.25) is 0 Å². The highest BCUT2D eigenvalue weighted by atomic mass is 16.6.